The lowest BCUT2D eigenvalue weighted by atomic mass is 10.2. The van der Waals surface area contributed by atoms with Gasteiger partial charge >= 0.3 is 0 Å². The highest BCUT2D eigenvalue weighted by Gasteiger charge is 2.18. The van der Waals surface area contributed by atoms with Crippen LogP contribution in [0.3, 0.4) is 0 Å². The second-order valence-electron chi connectivity index (χ2n) is 3.60. The highest BCUT2D eigenvalue weighted by Crippen LogP contribution is 2.23. The van der Waals surface area contributed by atoms with E-state index < -0.39 is 0 Å². The summed E-state index contributed by atoms with van der Waals surface area (Å²) in [7, 11) is 0. The number of amides is 1. The van der Waals surface area contributed by atoms with Gasteiger partial charge in [-0.25, -0.2) is 0 Å². The molecule has 1 amide bonds. The van der Waals surface area contributed by atoms with Crippen LogP contribution >= 0.6 is 0 Å². The Morgan fingerprint density at radius 2 is 2.36 bits per heavy atom. The van der Waals surface area contributed by atoms with Gasteiger partial charge in [0.05, 0.1) is 11.4 Å². The van der Waals surface area contributed by atoms with Crippen molar-refractivity contribution in [3.63, 3.8) is 0 Å². The van der Waals surface area contributed by atoms with Crippen LogP contribution in [0.4, 0.5) is 5.69 Å². The van der Waals surface area contributed by atoms with E-state index in [1.807, 2.05) is 17.0 Å². The maximum atomic E-state index is 11.4. The van der Waals surface area contributed by atoms with Gasteiger partial charge in [0, 0.05) is 19.7 Å². The average molecular weight is 190 g/mol. The molecule has 0 saturated heterocycles. The first-order valence-electron chi connectivity index (χ1n) is 5.01. The number of carbonyl (C=O) groups is 1. The zero-order valence-electron chi connectivity index (χ0n) is 8.36. The Kier molecular flexibility index (Phi) is 2.48. The summed E-state index contributed by atoms with van der Waals surface area (Å²) in [5, 5.41) is 0. The molecule has 74 valence electrons. The molecule has 2 heterocycles. The largest absolute Gasteiger partial charge is 0.311 e. The Hall–Kier alpha value is -1.38. The molecule has 0 aromatic carbocycles. The van der Waals surface area contributed by atoms with Gasteiger partial charge in [-0.1, -0.05) is 0 Å². The van der Waals surface area contributed by atoms with Gasteiger partial charge in [-0.15, -0.1) is 0 Å². The molecule has 0 spiro atoms. The van der Waals surface area contributed by atoms with Crippen LogP contribution < -0.4 is 4.90 Å². The van der Waals surface area contributed by atoms with Crippen molar-refractivity contribution >= 4 is 11.6 Å². The minimum Gasteiger partial charge on any atom is -0.311 e. The number of aromatic nitrogens is 1. The normalized spacial score (nSPS) is 15.9. The molecule has 0 bridgehead atoms. The van der Waals surface area contributed by atoms with Gasteiger partial charge in [0.15, 0.2) is 0 Å². The molecule has 0 N–H and O–H groups in total. The molecular formula is C11H14N2O. The highest BCUT2D eigenvalue weighted by atomic mass is 16.2. The van der Waals surface area contributed by atoms with Crippen molar-refractivity contribution < 1.29 is 4.79 Å². The number of fused-ring (bicyclic) bond motifs is 1. The first kappa shape index (κ1) is 9.19. The van der Waals surface area contributed by atoms with E-state index in [4.69, 9.17) is 0 Å². The van der Waals surface area contributed by atoms with Crippen LogP contribution in [0.1, 0.15) is 25.5 Å². The summed E-state index contributed by atoms with van der Waals surface area (Å²) in [4.78, 5) is 17.6. The predicted octanol–water partition coefficient (Wildman–Crippen LogP) is 1.77. The molecule has 14 heavy (non-hydrogen) atoms. The lowest BCUT2D eigenvalue weighted by Crippen LogP contribution is -2.29. The lowest BCUT2D eigenvalue weighted by Gasteiger charge is -2.20. The zero-order valence-corrected chi connectivity index (χ0v) is 8.36. The number of hydrogen-bond acceptors (Lipinski definition) is 2. The van der Waals surface area contributed by atoms with E-state index in [9.17, 15) is 4.79 Å². The quantitative estimate of drug-likeness (QED) is 0.624. The first-order chi connectivity index (χ1) is 6.79. The van der Waals surface area contributed by atoms with Gasteiger partial charge in [0.25, 0.3) is 0 Å². The Balaban J connectivity index is 2.42. The highest BCUT2D eigenvalue weighted by molar-refractivity contribution is 5.92. The Morgan fingerprint density at radius 3 is 3.14 bits per heavy atom. The number of carbonyl (C=O) groups excluding carboxylic acids is 1. The SMILES string of the molecule is CC(=O)N1CCCCc2ncccc21. The van der Waals surface area contributed by atoms with Crippen LogP contribution in [0.5, 0.6) is 0 Å². The maximum Gasteiger partial charge on any atom is 0.223 e. The second-order valence-corrected chi connectivity index (χ2v) is 3.60. The molecule has 0 saturated carbocycles. The Bertz CT molecular complexity index is 349. The molecule has 3 nitrogen and oxygen atoms in total. The van der Waals surface area contributed by atoms with Crippen molar-refractivity contribution in [1.82, 2.24) is 4.98 Å². The van der Waals surface area contributed by atoms with Crippen molar-refractivity contribution in [1.29, 1.82) is 0 Å². The van der Waals surface area contributed by atoms with Crippen molar-refractivity contribution in [3.05, 3.63) is 24.0 Å². The first-order valence-corrected chi connectivity index (χ1v) is 5.01. The minimum atomic E-state index is 0.112. The predicted molar refractivity (Wildman–Crippen MR) is 55.2 cm³/mol. The monoisotopic (exact) mass is 190 g/mol. The van der Waals surface area contributed by atoms with Gasteiger partial charge in [-0.3, -0.25) is 9.78 Å². The molecule has 1 aliphatic heterocycles. The van der Waals surface area contributed by atoms with Crippen LogP contribution in [-0.2, 0) is 11.2 Å². The fourth-order valence-electron chi connectivity index (χ4n) is 1.88. The van der Waals surface area contributed by atoms with Crippen LogP contribution in [0, 0.1) is 0 Å². The van der Waals surface area contributed by atoms with Gasteiger partial charge in [0.1, 0.15) is 0 Å². The van der Waals surface area contributed by atoms with Crippen LogP contribution in [0.25, 0.3) is 0 Å². The molecule has 0 radical (unpaired) electrons. The number of pyridine rings is 1. The van der Waals surface area contributed by atoms with E-state index in [2.05, 4.69) is 4.98 Å². The minimum absolute atomic E-state index is 0.112. The molecular weight excluding hydrogens is 176 g/mol. The third-order valence-electron chi connectivity index (χ3n) is 2.58. The van der Waals surface area contributed by atoms with Crippen molar-refractivity contribution in [2.45, 2.75) is 26.2 Å². The Morgan fingerprint density at radius 1 is 1.50 bits per heavy atom. The average Bonchev–Trinajstić information content (AvgIpc) is 2.39. The smallest absolute Gasteiger partial charge is 0.223 e. The van der Waals surface area contributed by atoms with Gasteiger partial charge < -0.3 is 4.90 Å². The summed E-state index contributed by atoms with van der Waals surface area (Å²) < 4.78 is 0. The van der Waals surface area contributed by atoms with Crippen LogP contribution in [0.2, 0.25) is 0 Å². The molecule has 2 rings (SSSR count). The molecule has 1 aromatic rings. The van der Waals surface area contributed by atoms with E-state index in [1.54, 1.807) is 13.1 Å². The van der Waals surface area contributed by atoms with E-state index in [0.29, 0.717) is 0 Å². The molecule has 1 aliphatic rings. The summed E-state index contributed by atoms with van der Waals surface area (Å²) >= 11 is 0. The topological polar surface area (TPSA) is 33.2 Å². The van der Waals surface area contributed by atoms with E-state index >= 15 is 0 Å². The van der Waals surface area contributed by atoms with E-state index in [-0.39, 0.29) is 5.91 Å². The van der Waals surface area contributed by atoms with Crippen LogP contribution in [-0.4, -0.2) is 17.4 Å². The molecule has 0 atom stereocenters. The second kappa shape index (κ2) is 3.78. The standard InChI is InChI=1S/C11H14N2O/c1-9(14)13-8-3-2-5-10-11(13)6-4-7-12-10/h4,6-7H,2-3,5,8H2,1H3. The van der Waals surface area contributed by atoms with Gasteiger partial charge in [0.2, 0.25) is 5.91 Å². The number of anilines is 1. The van der Waals surface area contributed by atoms with Crippen molar-refractivity contribution in [2.75, 3.05) is 11.4 Å². The zero-order chi connectivity index (χ0) is 9.97. The molecule has 0 unspecified atom stereocenters. The number of nitrogens with zero attached hydrogens (tertiary/aromatic N) is 2. The summed E-state index contributed by atoms with van der Waals surface area (Å²) in [6, 6.07) is 3.87. The fraction of sp³-hybridized carbons (Fsp3) is 0.455. The van der Waals surface area contributed by atoms with Crippen molar-refractivity contribution in [3.8, 4) is 0 Å². The van der Waals surface area contributed by atoms with Crippen molar-refractivity contribution in [2.24, 2.45) is 0 Å². The number of hydrogen-bond donors (Lipinski definition) is 0. The summed E-state index contributed by atoms with van der Waals surface area (Å²) in [5.41, 5.74) is 2.05. The maximum absolute atomic E-state index is 11.4. The third-order valence-corrected chi connectivity index (χ3v) is 2.58. The molecule has 0 fully saturated rings. The van der Waals surface area contributed by atoms with E-state index in [1.165, 1.54) is 0 Å². The lowest BCUT2D eigenvalue weighted by molar-refractivity contribution is -0.116. The van der Waals surface area contributed by atoms with E-state index in [0.717, 1.165) is 37.2 Å². The van der Waals surface area contributed by atoms with Gasteiger partial charge in [-0.2, -0.15) is 0 Å². The van der Waals surface area contributed by atoms with Crippen LogP contribution in [0.15, 0.2) is 18.3 Å². The summed E-state index contributed by atoms with van der Waals surface area (Å²) in [6.45, 7) is 2.44. The molecule has 1 aromatic heterocycles. The molecule has 3 heteroatoms. The third kappa shape index (κ3) is 1.62. The number of aryl methyl sites for hydroxylation is 1. The summed E-state index contributed by atoms with van der Waals surface area (Å²) in [6.07, 6.45) is 4.96. The van der Waals surface area contributed by atoms with Gasteiger partial charge in [-0.05, 0) is 31.4 Å². The Labute approximate surface area is 83.8 Å². The number of rotatable bonds is 0. The fourth-order valence-corrected chi connectivity index (χ4v) is 1.88. The summed E-state index contributed by atoms with van der Waals surface area (Å²) in [5.74, 6) is 0.112. The molecule has 0 aliphatic carbocycles.